The summed E-state index contributed by atoms with van der Waals surface area (Å²) in [5.74, 6) is -0.255. The van der Waals surface area contributed by atoms with Crippen LogP contribution in [0.3, 0.4) is 0 Å². The van der Waals surface area contributed by atoms with E-state index in [1.807, 2.05) is 58.0 Å². The van der Waals surface area contributed by atoms with Crippen molar-refractivity contribution in [1.29, 1.82) is 0 Å². The summed E-state index contributed by atoms with van der Waals surface area (Å²) in [6.07, 6.45) is 1.30. The molecule has 2 aromatic rings. The van der Waals surface area contributed by atoms with Crippen molar-refractivity contribution in [2.45, 2.75) is 51.7 Å². The first-order valence-electron chi connectivity index (χ1n) is 8.54. The second-order valence-electron chi connectivity index (χ2n) is 6.59. The lowest BCUT2D eigenvalue weighted by Crippen LogP contribution is -2.38. The molecule has 7 heteroatoms. The van der Waals surface area contributed by atoms with Crippen molar-refractivity contribution < 1.29 is 14.0 Å². The summed E-state index contributed by atoms with van der Waals surface area (Å²) in [4.78, 5) is 30.6. The monoisotopic (exact) mass is 377 g/mol. The number of alkyl halides is 1. The average molecular weight is 378 g/mol. The standard InChI is InChI=1S/C19H24ClN3O3/c1-12(2)21-18(24)15-11-26-16(22-15)10-23(13(3)4)19(25)17(20)14-8-6-5-7-9-14/h5-9,11-13,17H,10H2,1-4H3,(H,21,24). The minimum atomic E-state index is -0.794. The molecule has 6 nitrogen and oxygen atoms in total. The van der Waals surface area contributed by atoms with Gasteiger partial charge in [-0.2, -0.15) is 0 Å². The van der Waals surface area contributed by atoms with E-state index in [0.717, 1.165) is 5.56 Å². The highest BCUT2D eigenvalue weighted by Crippen LogP contribution is 2.24. The van der Waals surface area contributed by atoms with Gasteiger partial charge in [-0.05, 0) is 33.3 Å². The molecule has 1 N–H and O–H groups in total. The van der Waals surface area contributed by atoms with Crippen LogP contribution in [0.25, 0.3) is 0 Å². The van der Waals surface area contributed by atoms with Gasteiger partial charge in [0.15, 0.2) is 5.69 Å². The van der Waals surface area contributed by atoms with Crippen molar-refractivity contribution in [2.24, 2.45) is 0 Å². The third kappa shape index (κ3) is 5.08. The van der Waals surface area contributed by atoms with Gasteiger partial charge >= 0.3 is 0 Å². The van der Waals surface area contributed by atoms with E-state index in [1.165, 1.54) is 6.26 Å². The number of rotatable bonds is 7. The summed E-state index contributed by atoms with van der Waals surface area (Å²) in [5, 5.41) is 1.95. The Morgan fingerprint density at radius 1 is 1.19 bits per heavy atom. The summed E-state index contributed by atoms with van der Waals surface area (Å²) < 4.78 is 5.37. The van der Waals surface area contributed by atoms with E-state index in [-0.39, 0.29) is 42.0 Å². The number of carbonyl (C=O) groups excluding carboxylic acids is 2. The van der Waals surface area contributed by atoms with Crippen molar-refractivity contribution in [3.8, 4) is 0 Å². The van der Waals surface area contributed by atoms with Crippen LogP contribution in [0.2, 0.25) is 0 Å². The Labute approximate surface area is 158 Å². The molecule has 1 atom stereocenters. The van der Waals surface area contributed by atoms with E-state index in [1.54, 1.807) is 4.90 Å². The molecule has 1 unspecified atom stereocenters. The van der Waals surface area contributed by atoms with E-state index in [4.69, 9.17) is 16.0 Å². The topological polar surface area (TPSA) is 75.4 Å². The molecule has 0 saturated heterocycles. The molecular formula is C19H24ClN3O3. The zero-order valence-electron chi connectivity index (χ0n) is 15.4. The summed E-state index contributed by atoms with van der Waals surface area (Å²) in [6.45, 7) is 7.65. The van der Waals surface area contributed by atoms with E-state index in [0.29, 0.717) is 0 Å². The Kier molecular flexibility index (Phi) is 6.80. The molecule has 1 aromatic heterocycles. The molecule has 2 amide bonds. The Morgan fingerprint density at radius 3 is 2.42 bits per heavy atom. The number of aromatic nitrogens is 1. The van der Waals surface area contributed by atoms with Crippen molar-refractivity contribution in [3.05, 3.63) is 53.7 Å². The third-order valence-corrected chi connectivity index (χ3v) is 4.16. The molecule has 26 heavy (non-hydrogen) atoms. The van der Waals surface area contributed by atoms with Crippen LogP contribution >= 0.6 is 11.6 Å². The van der Waals surface area contributed by atoms with Gasteiger partial charge in [-0.3, -0.25) is 9.59 Å². The van der Waals surface area contributed by atoms with Gasteiger partial charge in [0.25, 0.3) is 5.91 Å². The molecule has 2 rings (SSSR count). The van der Waals surface area contributed by atoms with Crippen LogP contribution in [0, 0.1) is 0 Å². The van der Waals surface area contributed by atoms with Crippen molar-refractivity contribution in [3.63, 3.8) is 0 Å². The Morgan fingerprint density at radius 2 is 1.85 bits per heavy atom. The number of hydrogen-bond donors (Lipinski definition) is 1. The number of nitrogens with zero attached hydrogens (tertiary/aromatic N) is 2. The predicted octanol–water partition coefficient (Wildman–Crippen LogP) is 3.53. The number of hydrogen-bond acceptors (Lipinski definition) is 4. The van der Waals surface area contributed by atoms with Gasteiger partial charge in [-0.1, -0.05) is 30.3 Å². The molecule has 0 saturated carbocycles. The molecule has 0 aliphatic heterocycles. The highest BCUT2D eigenvalue weighted by Gasteiger charge is 2.27. The highest BCUT2D eigenvalue weighted by molar-refractivity contribution is 6.30. The van der Waals surface area contributed by atoms with Crippen LogP contribution in [0.4, 0.5) is 0 Å². The third-order valence-electron chi connectivity index (χ3n) is 3.73. The normalized spacial score (nSPS) is 12.3. The molecule has 0 bridgehead atoms. The molecule has 0 spiro atoms. The minimum absolute atomic E-state index is 0.000677. The number of carbonyl (C=O) groups is 2. The first-order valence-corrected chi connectivity index (χ1v) is 8.98. The number of amides is 2. The van der Waals surface area contributed by atoms with E-state index in [2.05, 4.69) is 10.3 Å². The van der Waals surface area contributed by atoms with Crippen molar-refractivity contribution in [1.82, 2.24) is 15.2 Å². The van der Waals surface area contributed by atoms with Crippen LogP contribution in [-0.4, -0.2) is 33.8 Å². The van der Waals surface area contributed by atoms with Gasteiger partial charge in [0.1, 0.15) is 11.6 Å². The van der Waals surface area contributed by atoms with Gasteiger partial charge in [-0.15, -0.1) is 11.6 Å². The zero-order chi connectivity index (χ0) is 19.3. The van der Waals surface area contributed by atoms with Crippen molar-refractivity contribution in [2.75, 3.05) is 0 Å². The molecule has 0 fully saturated rings. The zero-order valence-corrected chi connectivity index (χ0v) is 16.2. The number of halogens is 1. The fourth-order valence-electron chi connectivity index (χ4n) is 2.39. The van der Waals surface area contributed by atoms with E-state index >= 15 is 0 Å². The maximum Gasteiger partial charge on any atom is 0.273 e. The lowest BCUT2D eigenvalue weighted by atomic mass is 10.1. The van der Waals surface area contributed by atoms with Gasteiger partial charge in [-0.25, -0.2) is 4.98 Å². The molecule has 0 aliphatic rings. The number of oxazole rings is 1. The summed E-state index contributed by atoms with van der Waals surface area (Å²) >= 11 is 6.37. The largest absolute Gasteiger partial charge is 0.446 e. The van der Waals surface area contributed by atoms with Crippen LogP contribution in [-0.2, 0) is 11.3 Å². The van der Waals surface area contributed by atoms with Gasteiger partial charge in [0.2, 0.25) is 11.8 Å². The van der Waals surface area contributed by atoms with Crippen LogP contribution in [0.5, 0.6) is 0 Å². The molecule has 140 valence electrons. The summed E-state index contributed by atoms with van der Waals surface area (Å²) in [6, 6.07) is 9.07. The second-order valence-corrected chi connectivity index (χ2v) is 7.02. The Hall–Kier alpha value is -2.34. The fourth-order valence-corrected chi connectivity index (χ4v) is 2.67. The number of benzene rings is 1. The number of nitrogens with one attached hydrogen (secondary N) is 1. The average Bonchev–Trinajstić information content (AvgIpc) is 3.07. The SMILES string of the molecule is CC(C)NC(=O)c1coc(CN(C(=O)C(Cl)c2ccccc2)C(C)C)n1. The quantitative estimate of drug-likeness (QED) is 0.749. The van der Waals surface area contributed by atoms with Crippen molar-refractivity contribution >= 4 is 23.4 Å². The van der Waals surface area contributed by atoms with Crippen LogP contribution in [0.1, 0.15) is 55.0 Å². The van der Waals surface area contributed by atoms with Gasteiger partial charge < -0.3 is 14.6 Å². The van der Waals surface area contributed by atoms with Crippen LogP contribution in [0.15, 0.2) is 41.0 Å². The lowest BCUT2D eigenvalue weighted by molar-refractivity contribution is -0.133. The van der Waals surface area contributed by atoms with E-state index < -0.39 is 5.38 Å². The molecule has 1 heterocycles. The molecule has 0 radical (unpaired) electrons. The first-order chi connectivity index (χ1) is 12.3. The summed E-state index contributed by atoms with van der Waals surface area (Å²) in [7, 11) is 0. The maximum atomic E-state index is 12.8. The first kappa shape index (κ1) is 20.0. The van der Waals surface area contributed by atoms with Gasteiger partial charge in [0, 0.05) is 12.1 Å². The smallest absolute Gasteiger partial charge is 0.273 e. The van der Waals surface area contributed by atoms with Crippen LogP contribution < -0.4 is 5.32 Å². The minimum Gasteiger partial charge on any atom is -0.446 e. The summed E-state index contributed by atoms with van der Waals surface area (Å²) in [5.41, 5.74) is 0.921. The highest BCUT2D eigenvalue weighted by atomic mass is 35.5. The predicted molar refractivity (Wildman–Crippen MR) is 99.8 cm³/mol. The lowest BCUT2D eigenvalue weighted by Gasteiger charge is -2.27. The Bertz CT molecular complexity index is 743. The molecule has 1 aromatic carbocycles. The fraction of sp³-hybridized carbons (Fsp3) is 0.421. The molecular weight excluding hydrogens is 354 g/mol. The Balaban J connectivity index is 2.12. The second kappa shape index (κ2) is 8.85. The maximum absolute atomic E-state index is 12.8. The molecule has 0 aliphatic carbocycles. The van der Waals surface area contributed by atoms with Gasteiger partial charge in [0.05, 0.1) is 6.54 Å². The van der Waals surface area contributed by atoms with E-state index in [9.17, 15) is 9.59 Å².